The zero-order valence-corrected chi connectivity index (χ0v) is 13.2. The number of aryl methyl sites for hydroxylation is 2. The Morgan fingerprint density at radius 2 is 2.15 bits per heavy atom. The van der Waals surface area contributed by atoms with Crippen LogP contribution >= 0.6 is 0 Å². The quantitative estimate of drug-likeness (QED) is 0.842. The number of piperidine rings is 1. The summed E-state index contributed by atoms with van der Waals surface area (Å²) in [4.78, 5) is 12.6. The number of Topliss-reactive ketones (excluding diaryl/α,β-unsaturated/α-hetero) is 1. The van der Waals surface area contributed by atoms with E-state index in [0.717, 1.165) is 42.4 Å². The second-order valence-electron chi connectivity index (χ2n) is 5.94. The molecule has 2 heterocycles. The predicted octanol–water partition coefficient (Wildman–Crippen LogP) is 2.87. The number of aromatic nitrogens is 2. The summed E-state index contributed by atoms with van der Waals surface area (Å²) in [6.07, 6.45) is 4.20. The monoisotopic (exact) mass is 277 g/mol. The lowest BCUT2D eigenvalue weighted by Gasteiger charge is -2.29. The molecule has 20 heavy (non-hydrogen) atoms. The highest BCUT2D eigenvalue weighted by Crippen LogP contribution is 2.23. The van der Waals surface area contributed by atoms with Crippen LogP contribution in [-0.4, -0.2) is 28.2 Å². The number of ketones is 1. The van der Waals surface area contributed by atoms with Crippen LogP contribution in [0.2, 0.25) is 0 Å². The van der Waals surface area contributed by atoms with E-state index in [0.29, 0.717) is 12.5 Å². The van der Waals surface area contributed by atoms with Gasteiger partial charge < -0.3 is 5.32 Å². The van der Waals surface area contributed by atoms with Gasteiger partial charge in [0, 0.05) is 24.7 Å². The van der Waals surface area contributed by atoms with Gasteiger partial charge in [-0.2, -0.15) is 5.10 Å². The van der Waals surface area contributed by atoms with Crippen molar-refractivity contribution in [2.75, 3.05) is 6.54 Å². The van der Waals surface area contributed by atoms with Gasteiger partial charge in [0.05, 0.1) is 11.3 Å². The Balaban J connectivity index is 2.06. The summed E-state index contributed by atoms with van der Waals surface area (Å²) in [5, 5.41) is 7.95. The second kappa shape index (κ2) is 6.53. The van der Waals surface area contributed by atoms with Gasteiger partial charge in [0.25, 0.3) is 0 Å². The summed E-state index contributed by atoms with van der Waals surface area (Å²) in [5.41, 5.74) is 2.72. The molecule has 0 radical (unpaired) electrons. The fourth-order valence-electron chi connectivity index (χ4n) is 3.36. The summed E-state index contributed by atoms with van der Waals surface area (Å²) in [6.45, 7) is 10.1. The number of carbonyl (C=O) groups is 1. The first kappa shape index (κ1) is 15.2. The lowest BCUT2D eigenvalue weighted by molar-refractivity contribution is 0.0956. The van der Waals surface area contributed by atoms with Crippen LogP contribution in [0.5, 0.6) is 0 Å². The van der Waals surface area contributed by atoms with Crippen molar-refractivity contribution in [2.24, 2.45) is 5.92 Å². The number of hydrogen-bond acceptors (Lipinski definition) is 3. The van der Waals surface area contributed by atoms with E-state index in [1.807, 2.05) is 18.5 Å². The van der Waals surface area contributed by atoms with Crippen molar-refractivity contribution in [3.63, 3.8) is 0 Å². The molecule has 0 saturated carbocycles. The minimum absolute atomic E-state index is 0.244. The van der Waals surface area contributed by atoms with Crippen molar-refractivity contribution in [2.45, 2.75) is 66.0 Å². The van der Waals surface area contributed by atoms with Gasteiger partial charge in [-0.3, -0.25) is 9.48 Å². The van der Waals surface area contributed by atoms with Gasteiger partial charge in [0.1, 0.15) is 0 Å². The van der Waals surface area contributed by atoms with E-state index in [1.165, 1.54) is 12.8 Å². The summed E-state index contributed by atoms with van der Waals surface area (Å²) in [6, 6.07) is 0.338. The van der Waals surface area contributed by atoms with Crippen molar-refractivity contribution in [3.05, 3.63) is 17.0 Å². The molecule has 1 aromatic rings. The third kappa shape index (κ3) is 3.11. The second-order valence-corrected chi connectivity index (χ2v) is 5.94. The first-order valence-corrected chi connectivity index (χ1v) is 7.87. The number of hydrogen-bond donors (Lipinski definition) is 1. The smallest absolute Gasteiger partial charge is 0.168 e. The van der Waals surface area contributed by atoms with Gasteiger partial charge in [-0.25, -0.2) is 0 Å². The molecule has 1 N–H and O–H groups in total. The van der Waals surface area contributed by atoms with Gasteiger partial charge in [-0.05, 0) is 46.1 Å². The molecule has 0 spiro atoms. The van der Waals surface area contributed by atoms with Crippen LogP contribution in [0.3, 0.4) is 0 Å². The lowest BCUT2D eigenvalue weighted by Crippen LogP contribution is -2.39. The molecule has 2 unspecified atom stereocenters. The molecule has 1 saturated heterocycles. The molecular formula is C16H27N3O. The highest BCUT2D eigenvalue weighted by molar-refractivity contribution is 5.98. The fourth-order valence-corrected chi connectivity index (χ4v) is 3.36. The van der Waals surface area contributed by atoms with Gasteiger partial charge in [0.2, 0.25) is 0 Å². The molecule has 1 aromatic heterocycles. The molecule has 0 bridgehead atoms. The number of rotatable bonds is 5. The Morgan fingerprint density at radius 3 is 2.75 bits per heavy atom. The maximum atomic E-state index is 12.6. The van der Waals surface area contributed by atoms with Gasteiger partial charge >= 0.3 is 0 Å². The minimum Gasteiger partial charge on any atom is -0.314 e. The van der Waals surface area contributed by atoms with E-state index in [4.69, 9.17) is 0 Å². The Morgan fingerprint density at radius 1 is 1.40 bits per heavy atom. The fraction of sp³-hybridized carbons (Fsp3) is 0.750. The highest BCUT2D eigenvalue weighted by Gasteiger charge is 2.25. The summed E-state index contributed by atoms with van der Waals surface area (Å²) < 4.78 is 1.92. The summed E-state index contributed by atoms with van der Waals surface area (Å²) in [7, 11) is 0. The zero-order valence-electron chi connectivity index (χ0n) is 13.2. The molecule has 4 heteroatoms. The average molecular weight is 277 g/mol. The maximum Gasteiger partial charge on any atom is 0.168 e. The van der Waals surface area contributed by atoms with Crippen molar-refractivity contribution in [1.82, 2.24) is 15.1 Å². The molecule has 1 aliphatic rings. The third-order valence-electron chi connectivity index (χ3n) is 4.57. The number of carbonyl (C=O) groups excluding carboxylic acids is 1. The third-order valence-corrected chi connectivity index (χ3v) is 4.57. The topological polar surface area (TPSA) is 46.9 Å². The van der Waals surface area contributed by atoms with Gasteiger partial charge in [-0.15, -0.1) is 0 Å². The summed E-state index contributed by atoms with van der Waals surface area (Å²) in [5.74, 6) is 1.02. The van der Waals surface area contributed by atoms with Crippen molar-refractivity contribution >= 4 is 5.78 Å². The Kier molecular flexibility index (Phi) is 4.97. The lowest BCUT2D eigenvalue weighted by atomic mass is 9.87. The van der Waals surface area contributed by atoms with Crippen LogP contribution in [0.1, 0.15) is 61.3 Å². The van der Waals surface area contributed by atoms with Crippen molar-refractivity contribution in [3.8, 4) is 0 Å². The number of nitrogens with zero attached hydrogens (tertiary/aromatic N) is 2. The molecule has 1 fully saturated rings. The van der Waals surface area contributed by atoms with E-state index < -0.39 is 0 Å². The zero-order chi connectivity index (χ0) is 14.7. The van der Waals surface area contributed by atoms with Crippen molar-refractivity contribution < 1.29 is 4.79 Å². The van der Waals surface area contributed by atoms with Crippen LogP contribution < -0.4 is 5.32 Å². The largest absolute Gasteiger partial charge is 0.314 e. The van der Waals surface area contributed by atoms with Gasteiger partial charge in [-0.1, -0.05) is 13.3 Å². The highest BCUT2D eigenvalue weighted by atomic mass is 16.1. The van der Waals surface area contributed by atoms with E-state index >= 15 is 0 Å². The molecule has 1 aliphatic heterocycles. The van der Waals surface area contributed by atoms with E-state index in [9.17, 15) is 4.79 Å². The molecule has 0 aliphatic carbocycles. The molecule has 4 nitrogen and oxygen atoms in total. The van der Waals surface area contributed by atoms with Crippen LogP contribution in [-0.2, 0) is 6.54 Å². The molecular weight excluding hydrogens is 250 g/mol. The first-order chi connectivity index (χ1) is 9.56. The predicted molar refractivity (Wildman–Crippen MR) is 81.1 cm³/mol. The summed E-state index contributed by atoms with van der Waals surface area (Å²) >= 11 is 0. The Labute approximate surface area is 121 Å². The van der Waals surface area contributed by atoms with E-state index in [1.54, 1.807) is 0 Å². The Hall–Kier alpha value is -1.16. The van der Waals surface area contributed by atoms with Crippen LogP contribution in [0.25, 0.3) is 0 Å². The molecule has 112 valence electrons. The van der Waals surface area contributed by atoms with E-state index in [2.05, 4.69) is 24.3 Å². The van der Waals surface area contributed by atoms with Crippen molar-refractivity contribution in [1.29, 1.82) is 0 Å². The van der Waals surface area contributed by atoms with Crippen LogP contribution in [0.15, 0.2) is 0 Å². The van der Waals surface area contributed by atoms with E-state index in [-0.39, 0.29) is 5.78 Å². The molecule has 0 aromatic carbocycles. The molecule has 2 atom stereocenters. The SMILES string of the molecule is CCC1CCNC(CC(=O)c2c(C)nn(CC)c2C)C1. The Bertz CT molecular complexity index is 478. The van der Waals surface area contributed by atoms with Crippen LogP contribution in [0, 0.1) is 19.8 Å². The molecule has 2 rings (SSSR count). The first-order valence-electron chi connectivity index (χ1n) is 7.87. The molecule has 0 amide bonds. The number of nitrogens with one attached hydrogen (secondary N) is 1. The normalized spacial score (nSPS) is 23.0. The maximum absolute atomic E-state index is 12.6. The standard InChI is InChI=1S/C16H27N3O/c1-5-13-7-8-17-14(9-13)10-15(20)16-11(3)18-19(6-2)12(16)4/h13-14,17H,5-10H2,1-4H3. The van der Waals surface area contributed by atoms with Gasteiger partial charge in [0.15, 0.2) is 5.78 Å². The average Bonchev–Trinajstić information content (AvgIpc) is 2.73. The minimum atomic E-state index is 0.244. The van der Waals surface area contributed by atoms with Crippen LogP contribution in [0.4, 0.5) is 0 Å².